The number of aliphatic imine (C=N–C) groups is 2. The maximum Gasteiger partial charge on any atom is 0.190 e. The van der Waals surface area contributed by atoms with Crippen LogP contribution in [-0.4, -0.2) is 17.9 Å². The number of halogens is 2. The van der Waals surface area contributed by atoms with Crippen molar-refractivity contribution in [3.05, 3.63) is 30.4 Å². The summed E-state index contributed by atoms with van der Waals surface area (Å²) in [4.78, 5) is 10.4. The Kier molecular flexibility index (Phi) is 3.17. The molecule has 0 aliphatic carbocycles. The molecule has 1 rings (SSSR count). The molecule has 0 aliphatic rings. The molecule has 0 aliphatic heterocycles. The lowest BCUT2D eigenvalue weighted by atomic mass is 10.4. The van der Waals surface area contributed by atoms with Crippen LogP contribution in [0.4, 0.5) is 20.4 Å². The summed E-state index contributed by atoms with van der Waals surface area (Å²) < 4.78 is 25.8. The van der Waals surface area contributed by atoms with Gasteiger partial charge in [-0.05, 0) is 6.72 Å². The van der Waals surface area contributed by atoms with Crippen LogP contribution in [-0.2, 0) is 0 Å². The lowest BCUT2D eigenvalue weighted by Gasteiger charge is -1.98. The molecule has 72 valence electrons. The second-order valence-corrected chi connectivity index (χ2v) is 2.27. The molecule has 0 fully saturated rings. The van der Waals surface area contributed by atoms with E-state index in [0.29, 0.717) is 6.07 Å². The fourth-order valence-corrected chi connectivity index (χ4v) is 0.772. The quantitative estimate of drug-likeness (QED) is 0.683. The molecule has 1 aromatic rings. The van der Waals surface area contributed by atoms with Gasteiger partial charge in [0.2, 0.25) is 0 Å². The average Bonchev–Trinajstić information content (AvgIpc) is 2.17. The van der Waals surface area contributed by atoms with Gasteiger partial charge in [-0.2, -0.15) is 0 Å². The van der Waals surface area contributed by atoms with Crippen molar-refractivity contribution in [1.29, 1.82) is 0 Å². The largest absolute Gasteiger partial charge is 0.242 e. The molecule has 0 unspecified atom stereocenters. The molecule has 0 N–H and O–H groups in total. The van der Waals surface area contributed by atoms with E-state index in [1.54, 1.807) is 0 Å². The molecule has 5 heteroatoms. The SMILES string of the molecule is C=CC=Nc1nc(N=C)c(F)cc1F. The molecule has 0 spiro atoms. The Morgan fingerprint density at radius 2 is 1.93 bits per heavy atom. The molecule has 0 saturated heterocycles. The second kappa shape index (κ2) is 4.36. The Morgan fingerprint density at radius 1 is 1.29 bits per heavy atom. The molecule has 0 amide bonds. The highest BCUT2D eigenvalue weighted by atomic mass is 19.1. The Balaban J connectivity index is 3.23. The van der Waals surface area contributed by atoms with Gasteiger partial charge < -0.3 is 0 Å². The highest BCUT2D eigenvalue weighted by Gasteiger charge is 2.08. The fourth-order valence-electron chi connectivity index (χ4n) is 0.772. The van der Waals surface area contributed by atoms with E-state index in [9.17, 15) is 8.78 Å². The number of allylic oxidation sites excluding steroid dienone is 1. The van der Waals surface area contributed by atoms with Gasteiger partial charge in [-0.1, -0.05) is 12.7 Å². The number of hydrogen-bond donors (Lipinski definition) is 0. The molecular formula is C9H7F2N3. The smallest absolute Gasteiger partial charge is 0.190 e. The second-order valence-electron chi connectivity index (χ2n) is 2.27. The van der Waals surface area contributed by atoms with Gasteiger partial charge in [-0.25, -0.2) is 23.7 Å². The molecule has 0 aromatic carbocycles. The van der Waals surface area contributed by atoms with E-state index < -0.39 is 11.6 Å². The zero-order valence-corrected chi connectivity index (χ0v) is 7.24. The minimum Gasteiger partial charge on any atom is -0.242 e. The van der Waals surface area contributed by atoms with Crippen LogP contribution in [0.1, 0.15) is 0 Å². The van der Waals surface area contributed by atoms with Crippen molar-refractivity contribution in [2.45, 2.75) is 0 Å². The van der Waals surface area contributed by atoms with E-state index in [4.69, 9.17) is 0 Å². The van der Waals surface area contributed by atoms with Crippen LogP contribution in [0.5, 0.6) is 0 Å². The number of rotatable bonds is 3. The Labute approximate surface area is 79.5 Å². The zero-order chi connectivity index (χ0) is 10.6. The summed E-state index contributed by atoms with van der Waals surface area (Å²) in [6.07, 6.45) is 2.60. The maximum atomic E-state index is 13.0. The third kappa shape index (κ3) is 2.07. The van der Waals surface area contributed by atoms with E-state index in [2.05, 4.69) is 28.3 Å². The number of aromatic nitrogens is 1. The van der Waals surface area contributed by atoms with Crippen LogP contribution in [0.3, 0.4) is 0 Å². The van der Waals surface area contributed by atoms with E-state index in [1.165, 1.54) is 12.3 Å². The van der Waals surface area contributed by atoms with E-state index in [1.807, 2.05) is 0 Å². The first-order valence-corrected chi connectivity index (χ1v) is 3.67. The molecule has 0 saturated carbocycles. The normalized spacial score (nSPS) is 10.4. The molecular weight excluding hydrogens is 188 g/mol. The first-order chi connectivity index (χ1) is 6.69. The number of hydrogen-bond acceptors (Lipinski definition) is 3. The highest BCUT2D eigenvalue weighted by molar-refractivity contribution is 5.73. The summed E-state index contributed by atoms with van der Waals surface area (Å²) in [5.41, 5.74) is 0. The van der Waals surface area contributed by atoms with Crippen LogP contribution in [0.15, 0.2) is 28.7 Å². The minimum atomic E-state index is -0.866. The van der Waals surface area contributed by atoms with Crippen molar-refractivity contribution in [2.24, 2.45) is 9.98 Å². The molecule has 14 heavy (non-hydrogen) atoms. The average molecular weight is 195 g/mol. The lowest BCUT2D eigenvalue weighted by molar-refractivity contribution is 0.577. The topological polar surface area (TPSA) is 37.6 Å². The van der Waals surface area contributed by atoms with Gasteiger partial charge >= 0.3 is 0 Å². The minimum absolute atomic E-state index is 0.242. The third-order valence-electron chi connectivity index (χ3n) is 1.34. The summed E-state index contributed by atoms with van der Waals surface area (Å²) >= 11 is 0. The summed E-state index contributed by atoms with van der Waals surface area (Å²) in [7, 11) is 0. The van der Waals surface area contributed by atoms with Crippen molar-refractivity contribution < 1.29 is 8.78 Å². The highest BCUT2D eigenvalue weighted by Crippen LogP contribution is 2.22. The molecule has 0 bridgehead atoms. The zero-order valence-electron chi connectivity index (χ0n) is 7.24. The molecule has 0 atom stereocenters. The first kappa shape index (κ1) is 10.2. The van der Waals surface area contributed by atoms with Gasteiger partial charge in [0.1, 0.15) is 0 Å². The predicted molar refractivity (Wildman–Crippen MR) is 51.7 cm³/mol. The number of nitrogens with zero attached hydrogens (tertiary/aromatic N) is 3. The van der Waals surface area contributed by atoms with Crippen molar-refractivity contribution in [2.75, 3.05) is 0 Å². The third-order valence-corrected chi connectivity index (χ3v) is 1.34. The lowest BCUT2D eigenvalue weighted by Crippen LogP contribution is -1.87. The van der Waals surface area contributed by atoms with Crippen LogP contribution in [0.25, 0.3) is 0 Å². The van der Waals surface area contributed by atoms with Crippen molar-refractivity contribution in [1.82, 2.24) is 4.98 Å². The maximum absolute atomic E-state index is 13.0. The van der Waals surface area contributed by atoms with E-state index >= 15 is 0 Å². The van der Waals surface area contributed by atoms with Gasteiger partial charge in [-0.15, -0.1) is 0 Å². The fraction of sp³-hybridized carbons (Fsp3) is 0. The van der Waals surface area contributed by atoms with Gasteiger partial charge in [0.25, 0.3) is 0 Å². The van der Waals surface area contributed by atoms with Crippen LogP contribution in [0.2, 0.25) is 0 Å². The molecule has 1 heterocycles. The van der Waals surface area contributed by atoms with Gasteiger partial charge in [-0.3, -0.25) is 0 Å². The van der Waals surface area contributed by atoms with Gasteiger partial charge in [0.15, 0.2) is 23.3 Å². The van der Waals surface area contributed by atoms with E-state index in [-0.39, 0.29) is 11.6 Å². The predicted octanol–water partition coefficient (Wildman–Crippen LogP) is 2.58. The standard InChI is InChI=1S/C9H7F2N3/c1-3-4-13-9-7(11)5-6(10)8(12-2)14-9/h3-5H,1-2H2. The Hall–Kier alpha value is -1.91. The summed E-state index contributed by atoms with van der Waals surface area (Å²) in [5.74, 6) is -2.24. The van der Waals surface area contributed by atoms with Crippen molar-refractivity contribution >= 4 is 24.6 Å². The first-order valence-electron chi connectivity index (χ1n) is 3.67. The molecule has 3 nitrogen and oxygen atoms in total. The molecule has 0 radical (unpaired) electrons. The van der Waals surface area contributed by atoms with Crippen LogP contribution >= 0.6 is 0 Å². The Bertz CT molecular complexity index is 399. The van der Waals surface area contributed by atoms with Gasteiger partial charge in [0, 0.05) is 12.3 Å². The van der Waals surface area contributed by atoms with E-state index in [0.717, 1.165) is 0 Å². The van der Waals surface area contributed by atoms with Crippen LogP contribution < -0.4 is 0 Å². The number of pyridine rings is 1. The van der Waals surface area contributed by atoms with Crippen LogP contribution in [0, 0.1) is 11.6 Å². The molecule has 1 aromatic heterocycles. The monoisotopic (exact) mass is 195 g/mol. The summed E-state index contributed by atoms with van der Waals surface area (Å²) in [6, 6.07) is 0.659. The van der Waals surface area contributed by atoms with Crippen molar-refractivity contribution in [3.8, 4) is 0 Å². The van der Waals surface area contributed by atoms with Gasteiger partial charge in [0.05, 0.1) is 0 Å². The summed E-state index contributed by atoms with van der Waals surface area (Å²) in [6.45, 7) is 6.45. The summed E-state index contributed by atoms with van der Waals surface area (Å²) in [5, 5.41) is 0. The van der Waals surface area contributed by atoms with Crippen molar-refractivity contribution in [3.63, 3.8) is 0 Å². The Morgan fingerprint density at radius 3 is 2.50 bits per heavy atom.